The Kier molecular flexibility index (Phi) is 6.77. The van der Waals surface area contributed by atoms with Gasteiger partial charge in [0.1, 0.15) is 23.7 Å². The van der Waals surface area contributed by atoms with Crippen molar-refractivity contribution < 1.29 is 23.8 Å². The van der Waals surface area contributed by atoms with Crippen LogP contribution in [0.4, 0.5) is 5.69 Å². The van der Waals surface area contributed by atoms with Crippen LogP contribution in [0.1, 0.15) is 38.3 Å². The van der Waals surface area contributed by atoms with Gasteiger partial charge in [0.25, 0.3) is 5.91 Å². The van der Waals surface area contributed by atoms with E-state index in [-0.39, 0.29) is 48.6 Å². The van der Waals surface area contributed by atoms with Crippen molar-refractivity contribution in [1.82, 2.24) is 30.6 Å². The molecule has 0 aliphatic carbocycles. The highest BCUT2D eigenvalue weighted by Crippen LogP contribution is 2.22. The molecule has 0 fully saturated rings. The number of ether oxygens (including phenoxy) is 1. The molecule has 1 aromatic carbocycles. The van der Waals surface area contributed by atoms with Gasteiger partial charge >= 0.3 is 17.5 Å². The zero-order chi connectivity index (χ0) is 23.3. The fourth-order valence-corrected chi connectivity index (χ4v) is 2.94. The fourth-order valence-electron chi connectivity index (χ4n) is 2.94. The van der Waals surface area contributed by atoms with Crippen molar-refractivity contribution in [2.75, 3.05) is 20.2 Å². The molecular formula is C19H21N7O6. The summed E-state index contributed by atoms with van der Waals surface area (Å²) in [7, 11) is 1.51. The summed E-state index contributed by atoms with van der Waals surface area (Å²) in [4.78, 5) is 38.9. The van der Waals surface area contributed by atoms with Gasteiger partial charge in [-0.3, -0.25) is 24.4 Å². The van der Waals surface area contributed by atoms with Gasteiger partial charge in [-0.25, -0.2) is 0 Å². The van der Waals surface area contributed by atoms with E-state index in [1.165, 1.54) is 18.7 Å². The lowest BCUT2D eigenvalue weighted by atomic mass is 10.2. The largest absolute Gasteiger partial charge is 0.497 e. The van der Waals surface area contributed by atoms with E-state index in [1.54, 1.807) is 31.2 Å². The molecule has 0 aliphatic rings. The summed E-state index contributed by atoms with van der Waals surface area (Å²) in [5, 5.41) is 24.1. The van der Waals surface area contributed by atoms with E-state index in [1.807, 2.05) is 0 Å². The number of carbonyl (C=O) groups excluding carboxylic acids is 2. The maximum Gasteiger partial charge on any atom is 0.316 e. The van der Waals surface area contributed by atoms with Gasteiger partial charge in [-0.1, -0.05) is 11.2 Å². The minimum Gasteiger partial charge on any atom is -0.497 e. The van der Waals surface area contributed by atoms with Crippen molar-refractivity contribution in [3.05, 3.63) is 63.0 Å². The summed E-state index contributed by atoms with van der Waals surface area (Å²) in [6.45, 7) is 3.41. The smallest absolute Gasteiger partial charge is 0.316 e. The second-order valence-electron chi connectivity index (χ2n) is 6.69. The number of aryl methyl sites for hydroxylation is 1. The average Bonchev–Trinajstić information content (AvgIpc) is 3.35. The quantitative estimate of drug-likeness (QED) is 0.278. The molecule has 0 atom stereocenters. The third-order valence-electron chi connectivity index (χ3n) is 4.51. The van der Waals surface area contributed by atoms with Gasteiger partial charge in [-0.2, -0.15) is 10.1 Å². The topological polar surface area (TPSA) is 167 Å². The molecule has 2 N–H and O–H groups in total. The monoisotopic (exact) mass is 443 g/mol. The van der Waals surface area contributed by atoms with E-state index >= 15 is 0 Å². The van der Waals surface area contributed by atoms with Gasteiger partial charge in [0, 0.05) is 18.7 Å². The molecule has 2 amide bonds. The van der Waals surface area contributed by atoms with Crippen molar-refractivity contribution in [1.29, 1.82) is 0 Å². The number of nitrogens with one attached hydrogen (secondary N) is 2. The standard InChI is InChI=1S/C19H21N7O6/c1-11-16(26(29)30)12(2)25(23-11)10-15-22-19(32-24-15)18(28)21-8-7-20-17(27)13-5-4-6-14(9-13)31-3/h4-6,9H,7-8,10H2,1-3H3,(H,20,27)(H,21,28). The van der Waals surface area contributed by atoms with Crippen LogP contribution in [0, 0.1) is 24.0 Å². The number of rotatable bonds is 9. The third-order valence-corrected chi connectivity index (χ3v) is 4.51. The summed E-state index contributed by atoms with van der Waals surface area (Å²) < 4.78 is 11.4. The van der Waals surface area contributed by atoms with Crippen LogP contribution >= 0.6 is 0 Å². The molecule has 3 rings (SSSR count). The molecular weight excluding hydrogens is 422 g/mol. The Bertz CT molecular complexity index is 1150. The molecule has 3 aromatic rings. The third kappa shape index (κ3) is 5.06. The first-order valence-electron chi connectivity index (χ1n) is 9.51. The first-order valence-corrected chi connectivity index (χ1v) is 9.51. The van der Waals surface area contributed by atoms with Crippen molar-refractivity contribution in [2.45, 2.75) is 20.4 Å². The van der Waals surface area contributed by atoms with Crippen LogP contribution < -0.4 is 15.4 Å². The summed E-state index contributed by atoms with van der Waals surface area (Å²) >= 11 is 0. The molecule has 13 nitrogen and oxygen atoms in total. The Balaban J connectivity index is 1.50. The number of hydrogen-bond donors (Lipinski definition) is 2. The lowest BCUT2D eigenvalue weighted by Gasteiger charge is -2.07. The molecule has 0 radical (unpaired) electrons. The fraction of sp³-hybridized carbons (Fsp3) is 0.316. The van der Waals surface area contributed by atoms with Crippen LogP contribution in [0.5, 0.6) is 5.75 Å². The van der Waals surface area contributed by atoms with Gasteiger partial charge in [0.15, 0.2) is 5.82 Å². The molecule has 0 saturated carbocycles. The molecule has 0 saturated heterocycles. The summed E-state index contributed by atoms with van der Waals surface area (Å²) in [5.41, 5.74) is 0.962. The molecule has 32 heavy (non-hydrogen) atoms. The Hall–Kier alpha value is -4.29. The predicted molar refractivity (Wildman–Crippen MR) is 109 cm³/mol. The number of benzene rings is 1. The average molecular weight is 443 g/mol. The number of hydrogen-bond acceptors (Lipinski definition) is 9. The highest BCUT2D eigenvalue weighted by atomic mass is 16.6. The minimum absolute atomic E-state index is 0.00783. The van der Waals surface area contributed by atoms with E-state index in [0.29, 0.717) is 17.0 Å². The van der Waals surface area contributed by atoms with Crippen molar-refractivity contribution in [3.63, 3.8) is 0 Å². The highest BCUT2D eigenvalue weighted by molar-refractivity contribution is 5.94. The van der Waals surface area contributed by atoms with Gasteiger partial charge in [-0.05, 0) is 32.0 Å². The van der Waals surface area contributed by atoms with Crippen LogP contribution in [0.15, 0.2) is 28.8 Å². The van der Waals surface area contributed by atoms with Gasteiger partial charge < -0.3 is 19.9 Å². The predicted octanol–water partition coefficient (Wildman–Crippen LogP) is 1.01. The Morgan fingerprint density at radius 2 is 1.94 bits per heavy atom. The van der Waals surface area contributed by atoms with Gasteiger partial charge in [-0.15, -0.1) is 0 Å². The minimum atomic E-state index is -0.612. The zero-order valence-electron chi connectivity index (χ0n) is 17.6. The van der Waals surface area contributed by atoms with Crippen LogP contribution in [-0.4, -0.2) is 56.9 Å². The Morgan fingerprint density at radius 3 is 2.59 bits per heavy atom. The summed E-state index contributed by atoms with van der Waals surface area (Å²) in [5.74, 6) is -0.485. The first-order chi connectivity index (χ1) is 15.3. The number of nitrogens with zero attached hydrogens (tertiary/aromatic N) is 5. The number of nitro groups is 1. The second kappa shape index (κ2) is 9.68. The maximum absolute atomic E-state index is 12.2. The molecule has 0 aliphatic heterocycles. The lowest BCUT2D eigenvalue weighted by molar-refractivity contribution is -0.386. The number of carbonyl (C=O) groups is 2. The van der Waals surface area contributed by atoms with Crippen molar-refractivity contribution in [2.24, 2.45) is 0 Å². The van der Waals surface area contributed by atoms with Crippen molar-refractivity contribution >= 4 is 17.5 Å². The van der Waals surface area contributed by atoms with Crippen LogP contribution in [0.3, 0.4) is 0 Å². The summed E-state index contributed by atoms with van der Waals surface area (Å²) in [6.07, 6.45) is 0. The van der Waals surface area contributed by atoms with Gasteiger partial charge in [0.05, 0.1) is 12.0 Å². The number of methoxy groups -OCH3 is 1. The van der Waals surface area contributed by atoms with Crippen LogP contribution in [0.2, 0.25) is 0 Å². The SMILES string of the molecule is COc1cccc(C(=O)NCCNC(=O)c2nc(Cn3nc(C)c([N+](=O)[O-])c3C)no2)c1. The van der Waals surface area contributed by atoms with Crippen molar-refractivity contribution in [3.8, 4) is 5.75 Å². The molecule has 0 unspecified atom stereocenters. The Labute approximate surface area is 181 Å². The van der Waals surface area contributed by atoms with Gasteiger partial charge in [0.2, 0.25) is 0 Å². The first kappa shape index (κ1) is 22.4. The number of amides is 2. The van der Waals surface area contributed by atoms with E-state index < -0.39 is 10.8 Å². The summed E-state index contributed by atoms with van der Waals surface area (Å²) in [6, 6.07) is 6.68. The van der Waals surface area contributed by atoms with E-state index in [0.717, 1.165) is 0 Å². The molecule has 2 heterocycles. The molecule has 0 spiro atoms. The highest BCUT2D eigenvalue weighted by Gasteiger charge is 2.23. The normalized spacial score (nSPS) is 10.6. The number of aromatic nitrogens is 4. The lowest BCUT2D eigenvalue weighted by Crippen LogP contribution is -2.34. The van der Waals surface area contributed by atoms with Crippen LogP contribution in [-0.2, 0) is 6.54 Å². The second-order valence-corrected chi connectivity index (χ2v) is 6.69. The molecule has 2 aromatic heterocycles. The zero-order valence-corrected chi connectivity index (χ0v) is 17.6. The molecule has 13 heteroatoms. The molecule has 168 valence electrons. The molecule has 0 bridgehead atoms. The maximum atomic E-state index is 12.2. The van der Waals surface area contributed by atoms with E-state index in [2.05, 4.69) is 25.9 Å². The van der Waals surface area contributed by atoms with E-state index in [4.69, 9.17) is 9.26 Å². The van der Waals surface area contributed by atoms with Crippen LogP contribution in [0.25, 0.3) is 0 Å². The van der Waals surface area contributed by atoms with E-state index in [9.17, 15) is 19.7 Å². The Morgan fingerprint density at radius 1 is 1.22 bits per heavy atom.